The number of carbonyl (C=O) groups is 1. The molecule has 0 atom stereocenters. The number of piperazine rings is 1. The molecule has 5 heteroatoms. The van der Waals surface area contributed by atoms with Gasteiger partial charge in [-0.2, -0.15) is 0 Å². The summed E-state index contributed by atoms with van der Waals surface area (Å²) >= 11 is 12.1. The van der Waals surface area contributed by atoms with Crippen molar-refractivity contribution in [2.24, 2.45) is 0 Å². The van der Waals surface area contributed by atoms with Gasteiger partial charge in [-0.1, -0.05) is 47.5 Å². The Morgan fingerprint density at radius 3 is 2.22 bits per heavy atom. The van der Waals surface area contributed by atoms with Crippen LogP contribution in [0.25, 0.3) is 0 Å². The van der Waals surface area contributed by atoms with E-state index >= 15 is 0 Å². The van der Waals surface area contributed by atoms with Gasteiger partial charge in [-0.05, 0) is 29.8 Å². The molecular weight excluding hydrogens is 331 g/mol. The van der Waals surface area contributed by atoms with Crippen molar-refractivity contribution < 1.29 is 4.79 Å². The fourth-order valence-corrected chi connectivity index (χ4v) is 3.17. The lowest BCUT2D eigenvalue weighted by Crippen LogP contribution is -2.49. The number of hydrogen-bond acceptors (Lipinski definition) is 2. The highest BCUT2D eigenvalue weighted by Gasteiger charge is 2.22. The molecule has 120 valence electrons. The van der Waals surface area contributed by atoms with Crippen LogP contribution in [-0.2, 0) is 11.2 Å². The summed E-state index contributed by atoms with van der Waals surface area (Å²) in [5.74, 6) is 0.158. The summed E-state index contributed by atoms with van der Waals surface area (Å²) in [5, 5.41) is 1.45. The summed E-state index contributed by atoms with van der Waals surface area (Å²) in [6.45, 7) is 3.04. The zero-order valence-electron chi connectivity index (χ0n) is 12.7. The van der Waals surface area contributed by atoms with E-state index in [2.05, 4.69) is 4.90 Å². The van der Waals surface area contributed by atoms with Gasteiger partial charge in [0, 0.05) is 31.2 Å². The van der Waals surface area contributed by atoms with E-state index in [0.717, 1.165) is 42.5 Å². The smallest absolute Gasteiger partial charge is 0.227 e. The number of amides is 1. The van der Waals surface area contributed by atoms with Gasteiger partial charge in [0.15, 0.2) is 0 Å². The molecule has 1 aliphatic heterocycles. The predicted molar refractivity (Wildman–Crippen MR) is 95.4 cm³/mol. The molecule has 1 amide bonds. The number of benzene rings is 2. The Morgan fingerprint density at radius 2 is 1.57 bits per heavy atom. The van der Waals surface area contributed by atoms with Gasteiger partial charge >= 0.3 is 0 Å². The van der Waals surface area contributed by atoms with E-state index in [0.29, 0.717) is 11.4 Å². The van der Waals surface area contributed by atoms with Gasteiger partial charge in [-0.3, -0.25) is 4.79 Å². The molecule has 0 radical (unpaired) electrons. The molecule has 0 aromatic heterocycles. The first-order chi connectivity index (χ1) is 11.1. The third-order valence-electron chi connectivity index (χ3n) is 4.09. The average Bonchev–Trinajstić information content (AvgIpc) is 2.57. The van der Waals surface area contributed by atoms with E-state index in [1.54, 1.807) is 0 Å². The SMILES string of the molecule is O=C(Cc1ccc(Cl)cc1)N1CCN(c2ccccc2Cl)CC1. The Balaban J connectivity index is 1.57. The number of nitrogens with zero attached hydrogens (tertiary/aromatic N) is 2. The van der Waals surface area contributed by atoms with Crippen LogP contribution in [0, 0.1) is 0 Å². The minimum Gasteiger partial charge on any atom is -0.367 e. The molecule has 0 unspecified atom stereocenters. The number of rotatable bonds is 3. The first kappa shape index (κ1) is 16.2. The van der Waals surface area contributed by atoms with Crippen molar-refractivity contribution in [2.75, 3.05) is 31.1 Å². The van der Waals surface area contributed by atoms with Crippen molar-refractivity contribution in [1.29, 1.82) is 0 Å². The highest BCUT2D eigenvalue weighted by atomic mass is 35.5. The monoisotopic (exact) mass is 348 g/mol. The number of hydrogen-bond donors (Lipinski definition) is 0. The van der Waals surface area contributed by atoms with Crippen molar-refractivity contribution >= 4 is 34.8 Å². The second-order valence-electron chi connectivity index (χ2n) is 5.62. The summed E-state index contributed by atoms with van der Waals surface area (Å²) in [7, 11) is 0. The van der Waals surface area contributed by atoms with Crippen molar-refractivity contribution in [3.8, 4) is 0 Å². The van der Waals surface area contributed by atoms with Gasteiger partial charge < -0.3 is 9.80 Å². The first-order valence-electron chi connectivity index (χ1n) is 7.65. The van der Waals surface area contributed by atoms with Crippen LogP contribution in [0.5, 0.6) is 0 Å². The maximum Gasteiger partial charge on any atom is 0.227 e. The number of para-hydroxylation sites is 1. The molecule has 1 fully saturated rings. The van der Waals surface area contributed by atoms with Crippen LogP contribution in [-0.4, -0.2) is 37.0 Å². The van der Waals surface area contributed by atoms with E-state index in [1.165, 1.54) is 0 Å². The van der Waals surface area contributed by atoms with Gasteiger partial charge in [0.2, 0.25) is 5.91 Å². The maximum atomic E-state index is 12.4. The molecule has 2 aromatic carbocycles. The Kier molecular flexibility index (Phi) is 5.09. The lowest BCUT2D eigenvalue weighted by Gasteiger charge is -2.36. The topological polar surface area (TPSA) is 23.6 Å². The highest BCUT2D eigenvalue weighted by molar-refractivity contribution is 6.33. The molecule has 1 aliphatic rings. The van der Waals surface area contributed by atoms with Crippen LogP contribution in [0.1, 0.15) is 5.56 Å². The number of carbonyl (C=O) groups excluding carboxylic acids is 1. The van der Waals surface area contributed by atoms with Gasteiger partial charge in [0.25, 0.3) is 0 Å². The van der Waals surface area contributed by atoms with Gasteiger partial charge in [-0.15, -0.1) is 0 Å². The third-order valence-corrected chi connectivity index (χ3v) is 4.67. The molecule has 2 aromatic rings. The van der Waals surface area contributed by atoms with E-state index in [-0.39, 0.29) is 5.91 Å². The van der Waals surface area contributed by atoms with E-state index < -0.39 is 0 Å². The summed E-state index contributed by atoms with van der Waals surface area (Å²) in [6, 6.07) is 15.3. The fraction of sp³-hybridized carbons (Fsp3) is 0.278. The van der Waals surface area contributed by atoms with Crippen molar-refractivity contribution in [1.82, 2.24) is 4.90 Å². The van der Waals surface area contributed by atoms with E-state index in [1.807, 2.05) is 53.4 Å². The summed E-state index contributed by atoms with van der Waals surface area (Å²) in [6.07, 6.45) is 0.420. The molecule has 1 saturated heterocycles. The second-order valence-corrected chi connectivity index (χ2v) is 6.47. The molecule has 1 heterocycles. The second kappa shape index (κ2) is 7.24. The van der Waals surface area contributed by atoms with Crippen LogP contribution in [0.4, 0.5) is 5.69 Å². The normalized spacial score (nSPS) is 14.9. The van der Waals surface area contributed by atoms with Crippen LogP contribution in [0.15, 0.2) is 48.5 Å². The summed E-state index contributed by atoms with van der Waals surface area (Å²) in [4.78, 5) is 16.6. The Bertz CT molecular complexity index is 680. The van der Waals surface area contributed by atoms with Crippen LogP contribution in [0.2, 0.25) is 10.0 Å². The zero-order chi connectivity index (χ0) is 16.2. The van der Waals surface area contributed by atoms with Crippen molar-refractivity contribution in [2.45, 2.75) is 6.42 Å². The Labute approximate surface area is 146 Å². The molecule has 0 N–H and O–H groups in total. The number of anilines is 1. The summed E-state index contributed by atoms with van der Waals surface area (Å²) in [5.41, 5.74) is 2.03. The van der Waals surface area contributed by atoms with Crippen LogP contribution < -0.4 is 4.90 Å². The number of halogens is 2. The lowest BCUT2D eigenvalue weighted by atomic mass is 10.1. The minimum atomic E-state index is 0.158. The zero-order valence-corrected chi connectivity index (χ0v) is 14.2. The summed E-state index contributed by atoms with van der Waals surface area (Å²) < 4.78 is 0. The molecule has 23 heavy (non-hydrogen) atoms. The molecule has 0 aliphatic carbocycles. The van der Waals surface area contributed by atoms with Gasteiger partial charge in [0.05, 0.1) is 17.1 Å². The highest BCUT2D eigenvalue weighted by Crippen LogP contribution is 2.26. The van der Waals surface area contributed by atoms with E-state index in [4.69, 9.17) is 23.2 Å². The third kappa shape index (κ3) is 3.98. The van der Waals surface area contributed by atoms with Crippen molar-refractivity contribution in [3.05, 3.63) is 64.1 Å². The molecule has 3 rings (SSSR count). The van der Waals surface area contributed by atoms with Gasteiger partial charge in [-0.25, -0.2) is 0 Å². The van der Waals surface area contributed by atoms with Gasteiger partial charge in [0.1, 0.15) is 0 Å². The first-order valence-corrected chi connectivity index (χ1v) is 8.41. The molecule has 3 nitrogen and oxygen atoms in total. The standard InChI is InChI=1S/C18H18Cl2N2O/c19-15-7-5-14(6-8-15)13-18(23)22-11-9-21(10-12-22)17-4-2-1-3-16(17)20/h1-8H,9-13H2. The Morgan fingerprint density at radius 1 is 0.913 bits per heavy atom. The molecule has 0 saturated carbocycles. The quantitative estimate of drug-likeness (QED) is 0.840. The largest absolute Gasteiger partial charge is 0.367 e. The van der Waals surface area contributed by atoms with Crippen molar-refractivity contribution in [3.63, 3.8) is 0 Å². The predicted octanol–water partition coefficient (Wildman–Crippen LogP) is 3.88. The van der Waals surface area contributed by atoms with Crippen LogP contribution >= 0.6 is 23.2 Å². The van der Waals surface area contributed by atoms with Crippen LogP contribution in [0.3, 0.4) is 0 Å². The van der Waals surface area contributed by atoms with E-state index in [9.17, 15) is 4.79 Å². The maximum absolute atomic E-state index is 12.4. The minimum absolute atomic E-state index is 0.158. The average molecular weight is 349 g/mol. The molecular formula is C18H18Cl2N2O. The fourth-order valence-electron chi connectivity index (χ4n) is 2.79. The Hall–Kier alpha value is -1.71. The molecule has 0 bridgehead atoms. The lowest BCUT2D eigenvalue weighted by molar-refractivity contribution is -0.130. The molecule has 0 spiro atoms.